The third-order valence-electron chi connectivity index (χ3n) is 2.98. The van der Waals surface area contributed by atoms with Crippen LogP contribution in [-0.4, -0.2) is 7.11 Å². The average Bonchev–Trinajstić information content (AvgIpc) is 2.41. The second kappa shape index (κ2) is 5.77. The van der Waals surface area contributed by atoms with Crippen molar-refractivity contribution in [2.24, 2.45) is 0 Å². The highest BCUT2D eigenvalue weighted by molar-refractivity contribution is 5.67. The van der Waals surface area contributed by atoms with Crippen molar-refractivity contribution >= 4 is 17.1 Å². The molecule has 0 fully saturated rings. The molecule has 3 N–H and O–H groups in total. The van der Waals surface area contributed by atoms with Crippen molar-refractivity contribution in [3.63, 3.8) is 0 Å². The molecule has 0 bridgehead atoms. The van der Waals surface area contributed by atoms with Gasteiger partial charge in [0.1, 0.15) is 5.75 Å². The van der Waals surface area contributed by atoms with E-state index in [1.54, 1.807) is 31.4 Å². The summed E-state index contributed by atoms with van der Waals surface area (Å²) in [6, 6.07) is 9.82. The molecule has 0 heterocycles. The van der Waals surface area contributed by atoms with Gasteiger partial charge in [0.25, 0.3) is 6.43 Å². The van der Waals surface area contributed by atoms with Gasteiger partial charge in [-0.25, -0.2) is 8.78 Å². The van der Waals surface area contributed by atoms with Crippen molar-refractivity contribution in [1.29, 1.82) is 0 Å². The molecule has 2 aromatic rings. The maximum atomic E-state index is 13.0. The van der Waals surface area contributed by atoms with E-state index in [4.69, 9.17) is 10.5 Å². The highest BCUT2D eigenvalue weighted by atomic mass is 19.3. The van der Waals surface area contributed by atoms with Crippen molar-refractivity contribution in [2.75, 3.05) is 18.2 Å². The van der Waals surface area contributed by atoms with E-state index in [0.29, 0.717) is 11.4 Å². The van der Waals surface area contributed by atoms with E-state index >= 15 is 0 Å². The monoisotopic (exact) mass is 278 g/mol. The third kappa shape index (κ3) is 2.99. The standard InChI is InChI=1S/C15H16F2N2O/c1-9-7-11(4-6-14(9)20-2)19-13-5-3-10(18)8-12(13)15(16)17/h3-8,15,19H,18H2,1-2H3. The molecule has 0 saturated carbocycles. The predicted octanol–water partition coefficient (Wildman–Crippen LogP) is 4.27. The Balaban J connectivity index is 2.32. The van der Waals surface area contributed by atoms with Crippen molar-refractivity contribution in [1.82, 2.24) is 0 Å². The van der Waals surface area contributed by atoms with Crippen LogP contribution in [0.5, 0.6) is 5.75 Å². The SMILES string of the molecule is COc1ccc(Nc2ccc(N)cc2C(F)F)cc1C. The molecule has 0 spiro atoms. The minimum Gasteiger partial charge on any atom is -0.496 e. The van der Waals surface area contributed by atoms with Gasteiger partial charge in [0, 0.05) is 22.6 Å². The summed E-state index contributed by atoms with van der Waals surface area (Å²) in [5.41, 5.74) is 7.73. The van der Waals surface area contributed by atoms with E-state index in [2.05, 4.69) is 5.32 Å². The average molecular weight is 278 g/mol. The van der Waals surface area contributed by atoms with Crippen LogP contribution in [0.4, 0.5) is 25.8 Å². The smallest absolute Gasteiger partial charge is 0.265 e. The molecule has 20 heavy (non-hydrogen) atoms. The largest absolute Gasteiger partial charge is 0.496 e. The highest BCUT2D eigenvalue weighted by Gasteiger charge is 2.13. The van der Waals surface area contributed by atoms with Gasteiger partial charge in [-0.1, -0.05) is 0 Å². The Hall–Kier alpha value is -2.30. The Bertz CT molecular complexity index is 615. The number of rotatable bonds is 4. The molecule has 3 nitrogen and oxygen atoms in total. The molecular weight excluding hydrogens is 262 g/mol. The van der Waals surface area contributed by atoms with Gasteiger partial charge in [0.15, 0.2) is 0 Å². The summed E-state index contributed by atoms with van der Waals surface area (Å²) in [4.78, 5) is 0. The summed E-state index contributed by atoms with van der Waals surface area (Å²) in [5.74, 6) is 0.752. The number of benzene rings is 2. The van der Waals surface area contributed by atoms with E-state index in [9.17, 15) is 8.78 Å². The van der Waals surface area contributed by atoms with Crippen LogP contribution in [0.1, 0.15) is 17.6 Å². The lowest BCUT2D eigenvalue weighted by Crippen LogP contribution is -1.99. The summed E-state index contributed by atoms with van der Waals surface area (Å²) in [6.45, 7) is 1.89. The molecule has 0 aliphatic rings. The normalized spacial score (nSPS) is 10.7. The fourth-order valence-electron chi connectivity index (χ4n) is 1.99. The van der Waals surface area contributed by atoms with Crippen molar-refractivity contribution in [2.45, 2.75) is 13.3 Å². The number of anilines is 3. The van der Waals surface area contributed by atoms with Gasteiger partial charge in [0.2, 0.25) is 0 Å². The summed E-state index contributed by atoms with van der Waals surface area (Å²) < 4.78 is 31.1. The zero-order chi connectivity index (χ0) is 14.7. The van der Waals surface area contributed by atoms with Crippen LogP contribution >= 0.6 is 0 Å². The van der Waals surface area contributed by atoms with Gasteiger partial charge in [-0.15, -0.1) is 0 Å². The van der Waals surface area contributed by atoms with E-state index in [1.807, 2.05) is 13.0 Å². The number of methoxy groups -OCH3 is 1. The zero-order valence-electron chi connectivity index (χ0n) is 11.3. The first-order chi connectivity index (χ1) is 9.51. The minimum absolute atomic E-state index is 0.113. The number of alkyl halides is 2. The molecule has 0 unspecified atom stereocenters. The number of hydrogen-bond donors (Lipinski definition) is 2. The van der Waals surface area contributed by atoms with Gasteiger partial charge in [-0.05, 0) is 48.9 Å². The Kier molecular flexibility index (Phi) is 4.08. The molecule has 0 aromatic heterocycles. The molecular formula is C15H16F2N2O. The molecule has 0 aliphatic carbocycles. The fourth-order valence-corrected chi connectivity index (χ4v) is 1.99. The zero-order valence-corrected chi connectivity index (χ0v) is 11.3. The molecule has 106 valence electrons. The molecule has 0 radical (unpaired) electrons. The van der Waals surface area contributed by atoms with Crippen molar-refractivity contribution in [3.8, 4) is 5.75 Å². The van der Waals surface area contributed by atoms with Crippen LogP contribution in [0.15, 0.2) is 36.4 Å². The third-order valence-corrected chi connectivity index (χ3v) is 2.98. The second-order valence-corrected chi connectivity index (χ2v) is 4.46. The fraction of sp³-hybridized carbons (Fsp3) is 0.200. The maximum absolute atomic E-state index is 13.0. The Morgan fingerprint density at radius 2 is 1.90 bits per heavy atom. The molecule has 2 rings (SSSR count). The first-order valence-electron chi connectivity index (χ1n) is 6.10. The Morgan fingerprint density at radius 3 is 2.50 bits per heavy atom. The first kappa shape index (κ1) is 14.1. The molecule has 0 amide bonds. The molecule has 0 atom stereocenters. The van der Waals surface area contributed by atoms with Crippen molar-refractivity contribution in [3.05, 3.63) is 47.5 Å². The number of nitrogens with two attached hydrogens (primary N) is 1. The van der Waals surface area contributed by atoms with E-state index < -0.39 is 6.43 Å². The van der Waals surface area contributed by atoms with Gasteiger partial charge in [0.05, 0.1) is 7.11 Å². The van der Waals surface area contributed by atoms with Crippen LogP contribution in [0, 0.1) is 6.92 Å². The Morgan fingerprint density at radius 1 is 1.15 bits per heavy atom. The lowest BCUT2D eigenvalue weighted by Gasteiger charge is -2.14. The summed E-state index contributed by atoms with van der Waals surface area (Å²) >= 11 is 0. The second-order valence-electron chi connectivity index (χ2n) is 4.46. The predicted molar refractivity (Wildman–Crippen MR) is 76.8 cm³/mol. The highest BCUT2D eigenvalue weighted by Crippen LogP contribution is 2.32. The van der Waals surface area contributed by atoms with E-state index in [1.165, 1.54) is 6.07 Å². The van der Waals surface area contributed by atoms with Gasteiger partial charge in [-0.2, -0.15) is 0 Å². The molecule has 5 heteroatoms. The van der Waals surface area contributed by atoms with Crippen LogP contribution in [0.2, 0.25) is 0 Å². The minimum atomic E-state index is -2.58. The number of nitrogen functional groups attached to an aromatic ring is 1. The number of hydrogen-bond acceptors (Lipinski definition) is 3. The van der Waals surface area contributed by atoms with Gasteiger partial charge in [-0.3, -0.25) is 0 Å². The summed E-state index contributed by atoms with van der Waals surface area (Å²) in [7, 11) is 1.59. The molecule has 0 saturated heterocycles. The summed E-state index contributed by atoms with van der Waals surface area (Å²) in [5, 5.41) is 2.98. The number of nitrogens with one attached hydrogen (secondary N) is 1. The number of ether oxygens (including phenoxy) is 1. The number of aryl methyl sites for hydroxylation is 1. The maximum Gasteiger partial charge on any atom is 0.265 e. The topological polar surface area (TPSA) is 47.3 Å². The first-order valence-corrected chi connectivity index (χ1v) is 6.10. The quantitative estimate of drug-likeness (QED) is 0.821. The molecule has 2 aromatic carbocycles. The lowest BCUT2D eigenvalue weighted by molar-refractivity contribution is 0.152. The Labute approximate surface area is 116 Å². The van der Waals surface area contributed by atoms with Crippen LogP contribution in [0.3, 0.4) is 0 Å². The van der Waals surface area contributed by atoms with Crippen molar-refractivity contribution < 1.29 is 13.5 Å². The van der Waals surface area contributed by atoms with Crippen LogP contribution in [-0.2, 0) is 0 Å². The lowest BCUT2D eigenvalue weighted by atomic mass is 10.1. The van der Waals surface area contributed by atoms with E-state index in [0.717, 1.165) is 17.0 Å². The van der Waals surface area contributed by atoms with Crippen LogP contribution < -0.4 is 15.8 Å². The summed E-state index contributed by atoms with van der Waals surface area (Å²) in [6.07, 6.45) is -2.58. The van der Waals surface area contributed by atoms with Gasteiger partial charge >= 0.3 is 0 Å². The number of halogens is 2. The molecule has 0 aliphatic heterocycles. The van der Waals surface area contributed by atoms with Crippen LogP contribution in [0.25, 0.3) is 0 Å². The van der Waals surface area contributed by atoms with E-state index in [-0.39, 0.29) is 5.56 Å². The van der Waals surface area contributed by atoms with Gasteiger partial charge < -0.3 is 15.8 Å².